The van der Waals surface area contributed by atoms with Gasteiger partial charge in [-0.2, -0.15) is 4.57 Å². The van der Waals surface area contributed by atoms with Gasteiger partial charge in [0.25, 0.3) is 5.82 Å². The number of oxazole rings is 1. The fourth-order valence-electron chi connectivity index (χ4n) is 4.95. The number of fused-ring (bicyclic) bond motifs is 2. The van der Waals surface area contributed by atoms with E-state index in [0.717, 1.165) is 45.1 Å². The molecule has 0 spiro atoms. The number of para-hydroxylation sites is 2. The molecule has 2 aromatic heterocycles. The largest absolute Gasteiger partial charge is 0.440 e. The molecule has 0 aliphatic rings. The lowest BCUT2D eigenvalue weighted by Gasteiger charge is -2.11. The van der Waals surface area contributed by atoms with Crippen molar-refractivity contribution in [3.8, 4) is 28.2 Å². The Balaban J connectivity index is 1.58. The van der Waals surface area contributed by atoms with E-state index in [0.29, 0.717) is 0 Å². The minimum atomic E-state index is -0.146. The fraction of sp³-hybridized carbons (Fsp3) is 0.188. The molecule has 36 heavy (non-hydrogen) atoms. The van der Waals surface area contributed by atoms with Crippen molar-refractivity contribution < 1.29 is 8.98 Å². The Morgan fingerprint density at radius 3 is 2.19 bits per heavy atom. The molecule has 0 unspecified atom stereocenters. The van der Waals surface area contributed by atoms with Gasteiger partial charge in [-0.25, -0.2) is 9.55 Å². The van der Waals surface area contributed by atoms with E-state index in [-0.39, 0.29) is 5.41 Å². The van der Waals surface area contributed by atoms with Crippen LogP contribution in [-0.4, -0.2) is 9.55 Å². The van der Waals surface area contributed by atoms with Gasteiger partial charge in [0, 0.05) is 5.41 Å². The molecule has 0 aliphatic carbocycles. The molecule has 4 heteroatoms. The molecule has 0 aliphatic heterocycles. The van der Waals surface area contributed by atoms with E-state index in [9.17, 15) is 0 Å². The molecule has 0 radical (unpaired) electrons. The molecule has 0 saturated carbocycles. The predicted octanol–water partition coefficient (Wildman–Crippen LogP) is 7.54. The van der Waals surface area contributed by atoms with Crippen molar-refractivity contribution in [3.05, 3.63) is 102 Å². The monoisotopic (exact) mass is 472 g/mol. The smallest absolute Gasteiger partial charge is 0.295 e. The van der Waals surface area contributed by atoms with Gasteiger partial charge in [-0.05, 0) is 60.0 Å². The number of benzene rings is 4. The lowest BCUT2D eigenvalue weighted by atomic mass is 9.97. The minimum Gasteiger partial charge on any atom is -0.440 e. The number of aryl methyl sites for hydroxylation is 2. The summed E-state index contributed by atoms with van der Waals surface area (Å²) in [5.74, 6) is 1.87. The Bertz CT molecular complexity index is 1720. The molecule has 2 heterocycles. The number of hydrogen-bond acceptors (Lipinski definition) is 2. The van der Waals surface area contributed by atoms with Crippen molar-refractivity contribution >= 4 is 22.1 Å². The van der Waals surface area contributed by atoms with Gasteiger partial charge in [-0.1, -0.05) is 75.4 Å². The third-order valence-electron chi connectivity index (χ3n) is 6.86. The maximum absolute atomic E-state index is 6.24. The number of imidazole rings is 1. The van der Waals surface area contributed by atoms with Crippen molar-refractivity contribution in [1.82, 2.24) is 9.55 Å². The average molecular weight is 473 g/mol. The Morgan fingerprint density at radius 2 is 1.47 bits per heavy atom. The van der Waals surface area contributed by atoms with Crippen LogP contribution in [0.1, 0.15) is 32.2 Å². The fourth-order valence-corrected chi connectivity index (χ4v) is 4.95. The van der Waals surface area contributed by atoms with Gasteiger partial charge < -0.3 is 4.42 Å². The lowest BCUT2D eigenvalue weighted by molar-refractivity contribution is -0.633. The van der Waals surface area contributed by atoms with Crippen LogP contribution < -0.4 is 4.57 Å². The minimum absolute atomic E-state index is 0.146. The van der Waals surface area contributed by atoms with Crippen LogP contribution in [0.15, 0.2) is 95.4 Å². The molecule has 4 nitrogen and oxygen atoms in total. The number of nitrogens with zero attached hydrogens (tertiary/aromatic N) is 3. The molecule has 0 saturated heterocycles. The summed E-state index contributed by atoms with van der Waals surface area (Å²) >= 11 is 0. The summed E-state index contributed by atoms with van der Waals surface area (Å²) in [6.07, 6.45) is 0. The maximum atomic E-state index is 6.24. The van der Waals surface area contributed by atoms with Crippen LogP contribution in [0.5, 0.6) is 0 Å². The van der Waals surface area contributed by atoms with Crippen LogP contribution in [0.25, 0.3) is 50.3 Å². The molecule has 0 N–H and O–H groups in total. The summed E-state index contributed by atoms with van der Waals surface area (Å²) in [6, 6.07) is 32.2. The summed E-state index contributed by atoms with van der Waals surface area (Å²) in [5, 5.41) is 0. The van der Waals surface area contributed by atoms with E-state index < -0.39 is 0 Å². The molecule has 0 amide bonds. The molecule has 0 fully saturated rings. The lowest BCUT2D eigenvalue weighted by Crippen LogP contribution is -2.30. The van der Waals surface area contributed by atoms with E-state index in [4.69, 9.17) is 9.40 Å². The van der Waals surface area contributed by atoms with Gasteiger partial charge in [-0.3, -0.25) is 0 Å². The van der Waals surface area contributed by atoms with Gasteiger partial charge in [-0.15, -0.1) is 0 Å². The second-order valence-electron chi connectivity index (χ2n) is 10.5. The summed E-state index contributed by atoms with van der Waals surface area (Å²) in [4.78, 5) is 4.78. The van der Waals surface area contributed by atoms with Gasteiger partial charge >= 0.3 is 0 Å². The van der Waals surface area contributed by atoms with Crippen LogP contribution in [0.4, 0.5) is 0 Å². The van der Waals surface area contributed by atoms with E-state index in [1.165, 1.54) is 16.6 Å². The van der Waals surface area contributed by atoms with Crippen molar-refractivity contribution in [2.75, 3.05) is 0 Å². The van der Waals surface area contributed by atoms with E-state index >= 15 is 0 Å². The van der Waals surface area contributed by atoms with Crippen LogP contribution in [0.3, 0.4) is 0 Å². The van der Waals surface area contributed by atoms with Gasteiger partial charge in [0.1, 0.15) is 11.2 Å². The second-order valence-corrected chi connectivity index (χ2v) is 10.5. The zero-order valence-electron chi connectivity index (χ0n) is 21.4. The molecule has 178 valence electrons. The van der Waals surface area contributed by atoms with Gasteiger partial charge in [0.05, 0.1) is 12.6 Å². The van der Waals surface area contributed by atoms with E-state index in [1.807, 2.05) is 6.07 Å². The summed E-state index contributed by atoms with van der Waals surface area (Å²) in [6.45, 7) is 8.54. The number of hydrogen-bond donors (Lipinski definition) is 0. The Kier molecular flexibility index (Phi) is 5.08. The summed E-state index contributed by atoms with van der Waals surface area (Å²) < 4.78 is 10.9. The normalized spacial score (nSPS) is 12.0. The highest BCUT2D eigenvalue weighted by Crippen LogP contribution is 2.34. The van der Waals surface area contributed by atoms with Crippen LogP contribution in [-0.2, 0) is 12.5 Å². The zero-order valence-corrected chi connectivity index (χ0v) is 21.4. The molecule has 4 aromatic carbocycles. The average Bonchev–Trinajstić information content (AvgIpc) is 3.43. The molecular weight excluding hydrogens is 442 g/mol. The number of rotatable bonds is 3. The van der Waals surface area contributed by atoms with Crippen LogP contribution in [0, 0.1) is 6.92 Å². The van der Waals surface area contributed by atoms with E-state index in [1.54, 1.807) is 0 Å². The summed E-state index contributed by atoms with van der Waals surface area (Å²) in [5.41, 5.74) is 9.74. The zero-order chi connectivity index (χ0) is 25.0. The predicted molar refractivity (Wildman–Crippen MR) is 146 cm³/mol. The Hall–Kier alpha value is -4.18. The van der Waals surface area contributed by atoms with Crippen molar-refractivity contribution in [2.45, 2.75) is 33.1 Å². The molecule has 6 rings (SSSR count). The van der Waals surface area contributed by atoms with Crippen LogP contribution >= 0.6 is 0 Å². The first-order valence-electron chi connectivity index (χ1n) is 12.4. The van der Waals surface area contributed by atoms with Gasteiger partial charge in [0.15, 0.2) is 16.6 Å². The van der Waals surface area contributed by atoms with E-state index in [2.05, 4.69) is 129 Å². The van der Waals surface area contributed by atoms with Crippen molar-refractivity contribution in [3.63, 3.8) is 0 Å². The van der Waals surface area contributed by atoms with Crippen molar-refractivity contribution in [1.29, 1.82) is 0 Å². The topological polar surface area (TPSA) is 34.8 Å². The quantitative estimate of drug-likeness (QED) is 0.249. The first kappa shape index (κ1) is 22.3. The second kappa shape index (κ2) is 8.20. The third-order valence-corrected chi connectivity index (χ3v) is 6.86. The van der Waals surface area contributed by atoms with Gasteiger partial charge in [0.2, 0.25) is 5.89 Å². The SMILES string of the molecule is Cc1cc2nc(C(C)(C)C)oc2cc1-c1n(-c2ccc(-c3ccccc3)cc2)c2ccccc2[n+]1C. The highest BCUT2D eigenvalue weighted by Gasteiger charge is 2.28. The molecule has 0 atom stereocenters. The standard InChI is InChI=1S/C32H30N3O/c1-21-19-26-29(36-31(33-26)32(2,3)4)20-25(21)30-34(5)27-13-9-10-14-28(27)35(30)24-17-15-23(16-18-24)22-11-7-6-8-12-22/h6-20H,1-5H3/q+1. The molecule has 0 bridgehead atoms. The Labute approximate surface area is 211 Å². The highest BCUT2D eigenvalue weighted by atomic mass is 16.3. The number of aromatic nitrogens is 3. The highest BCUT2D eigenvalue weighted by molar-refractivity contribution is 5.85. The van der Waals surface area contributed by atoms with Crippen molar-refractivity contribution in [2.24, 2.45) is 7.05 Å². The first-order chi connectivity index (χ1) is 17.3. The first-order valence-corrected chi connectivity index (χ1v) is 12.4. The maximum Gasteiger partial charge on any atom is 0.295 e. The third kappa shape index (κ3) is 3.61. The Morgan fingerprint density at radius 1 is 0.806 bits per heavy atom. The molecular formula is C32H30N3O+. The summed E-state index contributed by atoms with van der Waals surface area (Å²) in [7, 11) is 2.14. The molecule has 6 aromatic rings. The van der Waals surface area contributed by atoms with Crippen LogP contribution in [0.2, 0.25) is 0 Å².